The number of hydrogen-bond donors (Lipinski definition) is 1. The Balaban J connectivity index is 2.22. The highest BCUT2D eigenvalue weighted by Crippen LogP contribution is 2.35. The minimum Gasteiger partial charge on any atom is -0.430 e. The van der Waals surface area contributed by atoms with Crippen LogP contribution in [0.25, 0.3) is 0 Å². The molecule has 2 rings (SSSR count). The van der Waals surface area contributed by atoms with Crippen molar-refractivity contribution in [3.05, 3.63) is 65.0 Å². The number of hydroxylamine groups is 1. The van der Waals surface area contributed by atoms with E-state index in [1.54, 1.807) is 6.08 Å². The molecule has 3 unspecified atom stereocenters. The van der Waals surface area contributed by atoms with Gasteiger partial charge in [-0.2, -0.15) is 0 Å². The van der Waals surface area contributed by atoms with Gasteiger partial charge in [-0.25, -0.2) is 0 Å². The van der Waals surface area contributed by atoms with Gasteiger partial charge in [0.2, 0.25) is 0 Å². The van der Waals surface area contributed by atoms with Gasteiger partial charge in [0.25, 0.3) is 0 Å². The minimum atomic E-state index is -1.19. The summed E-state index contributed by atoms with van der Waals surface area (Å²) in [7, 11) is -1.19. The molecule has 6 nitrogen and oxygen atoms in total. The van der Waals surface area contributed by atoms with Crippen LogP contribution in [0, 0.1) is 5.92 Å². The Hall–Kier alpha value is -2.22. The zero-order valence-corrected chi connectivity index (χ0v) is 20.2. The molecule has 0 aromatic heterocycles. The molecule has 0 saturated carbocycles. The quantitative estimate of drug-likeness (QED) is 0.275. The number of carbonyl (C=O) groups excluding carboxylic acids is 2. The summed E-state index contributed by atoms with van der Waals surface area (Å²) >= 11 is 5.50. The van der Waals surface area contributed by atoms with Gasteiger partial charge in [-0.05, 0) is 37.0 Å². The van der Waals surface area contributed by atoms with Gasteiger partial charge in [0.05, 0.1) is 28.7 Å². The normalized spacial score (nSPS) is 19.2. The third-order valence-corrected chi connectivity index (χ3v) is 6.75. The van der Waals surface area contributed by atoms with Crippen molar-refractivity contribution in [1.29, 1.82) is 0 Å². The fourth-order valence-corrected chi connectivity index (χ4v) is 5.05. The second-order valence-electron chi connectivity index (χ2n) is 7.55. The van der Waals surface area contributed by atoms with E-state index in [0.717, 1.165) is 4.90 Å². The van der Waals surface area contributed by atoms with Gasteiger partial charge >= 0.3 is 5.97 Å². The summed E-state index contributed by atoms with van der Waals surface area (Å²) in [6.45, 7) is 5.37. The Morgan fingerprint density at radius 2 is 2.03 bits per heavy atom. The van der Waals surface area contributed by atoms with Crippen LogP contribution in [-0.2, 0) is 30.0 Å². The zero-order valence-electron chi connectivity index (χ0n) is 18.6. The van der Waals surface area contributed by atoms with Crippen LogP contribution < -0.4 is 5.48 Å². The molecule has 1 N–H and O–H groups in total. The van der Waals surface area contributed by atoms with Crippen LogP contribution in [0.1, 0.15) is 46.5 Å². The van der Waals surface area contributed by atoms with Gasteiger partial charge in [-0.1, -0.05) is 49.7 Å². The van der Waals surface area contributed by atoms with E-state index >= 15 is 0 Å². The molecule has 0 aliphatic heterocycles. The van der Waals surface area contributed by atoms with Crippen molar-refractivity contribution in [1.82, 2.24) is 5.48 Å². The predicted molar refractivity (Wildman–Crippen MR) is 126 cm³/mol. The zero-order chi connectivity index (χ0) is 23.5. The van der Waals surface area contributed by atoms with Crippen LogP contribution in [0.15, 0.2) is 69.9 Å². The molecule has 8 heteroatoms. The fraction of sp³-hybridized carbons (Fsp3) is 0.417. The van der Waals surface area contributed by atoms with E-state index < -0.39 is 16.8 Å². The number of rotatable bonds is 11. The molecule has 0 saturated heterocycles. The number of ether oxygens (including phenoxy) is 1. The SMILES string of the molecule is CCC=C(NOCC=CCl)C1=C(OC(C)=O)CC(CC(C)S(=O)c2ccccc2)CC1=O. The minimum absolute atomic E-state index is 0.0776. The van der Waals surface area contributed by atoms with E-state index in [2.05, 4.69) is 5.48 Å². The summed E-state index contributed by atoms with van der Waals surface area (Å²) in [4.78, 5) is 31.0. The summed E-state index contributed by atoms with van der Waals surface area (Å²) in [5, 5.41) is -0.148. The molecule has 0 heterocycles. The Labute approximate surface area is 197 Å². The first-order valence-electron chi connectivity index (χ1n) is 10.6. The highest BCUT2D eigenvalue weighted by atomic mass is 35.5. The summed E-state index contributed by atoms with van der Waals surface area (Å²) in [5.41, 5.74) is 4.92. The van der Waals surface area contributed by atoms with E-state index in [1.165, 1.54) is 12.5 Å². The van der Waals surface area contributed by atoms with Gasteiger partial charge in [0.15, 0.2) is 5.78 Å². The first-order valence-corrected chi connectivity index (χ1v) is 12.3. The molecule has 0 amide bonds. The second kappa shape index (κ2) is 13.4. The van der Waals surface area contributed by atoms with Crippen LogP contribution in [-0.4, -0.2) is 27.8 Å². The van der Waals surface area contributed by atoms with Gasteiger partial charge < -0.3 is 4.74 Å². The van der Waals surface area contributed by atoms with Crippen molar-refractivity contribution in [2.75, 3.05) is 6.61 Å². The lowest BCUT2D eigenvalue weighted by Crippen LogP contribution is -2.29. The third-order valence-electron chi connectivity index (χ3n) is 4.91. The Bertz CT molecular complexity index is 910. The van der Waals surface area contributed by atoms with Crippen LogP contribution in [0.2, 0.25) is 0 Å². The van der Waals surface area contributed by atoms with Crippen LogP contribution in [0.3, 0.4) is 0 Å². The van der Waals surface area contributed by atoms with E-state index in [1.807, 2.05) is 50.3 Å². The van der Waals surface area contributed by atoms with Crippen molar-refractivity contribution in [2.45, 2.75) is 56.6 Å². The largest absolute Gasteiger partial charge is 0.430 e. The number of esters is 1. The molecule has 0 bridgehead atoms. The van der Waals surface area contributed by atoms with Gasteiger partial charge in [0, 0.05) is 35.4 Å². The molecular weight excluding hydrogens is 450 g/mol. The molecule has 174 valence electrons. The number of carbonyl (C=O) groups is 2. The average molecular weight is 480 g/mol. The molecule has 0 spiro atoms. The molecule has 0 fully saturated rings. The van der Waals surface area contributed by atoms with E-state index in [4.69, 9.17) is 21.2 Å². The highest BCUT2D eigenvalue weighted by molar-refractivity contribution is 7.85. The third kappa shape index (κ3) is 7.73. The maximum atomic E-state index is 13.1. The summed E-state index contributed by atoms with van der Waals surface area (Å²) in [6, 6.07) is 9.28. The van der Waals surface area contributed by atoms with Crippen LogP contribution in [0.5, 0.6) is 0 Å². The molecule has 0 radical (unpaired) electrons. The number of allylic oxidation sites excluding steroid dienone is 3. The lowest BCUT2D eigenvalue weighted by molar-refractivity contribution is -0.137. The van der Waals surface area contributed by atoms with Crippen LogP contribution >= 0.6 is 11.6 Å². The molecular formula is C24H30ClNO5S. The molecule has 1 aliphatic rings. The van der Waals surface area contributed by atoms with E-state index in [9.17, 15) is 13.8 Å². The van der Waals surface area contributed by atoms with Gasteiger partial charge in [0.1, 0.15) is 5.76 Å². The molecule has 3 atom stereocenters. The maximum Gasteiger partial charge on any atom is 0.307 e. The first kappa shape index (κ1) is 26.0. The lowest BCUT2D eigenvalue weighted by Gasteiger charge is -2.28. The van der Waals surface area contributed by atoms with Gasteiger partial charge in [-0.3, -0.25) is 24.1 Å². The van der Waals surface area contributed by atoms with Crippen molar-refractivity contribution in [3.8, 4) is 0 Å². The summed E-state index contributed by atoms with van der Waals surface area (Å²) in [5.74, 6) is -0.390. The first-order chi connectivity index (χ1) is 15.4. The van der Waals surface area contributed by atoms with Crippen LogP contribution in [0.4, 0.5) is 0 Å². The van der Waals surface area contributed by atoms with E-state index in [0.29, 0.717) is 36.3 Å². The average Bonchev–Trinajstić information content (AvgIpc) is 2.76. The number of hydrogen-bond acceptors (Lipinski definition) is 6. The molecule has 1 aromatic carbocycles. The number of benzene rings is 1. The smallest absolute Gasteiger partial charge is 0.307 e. The molecule has 32 heavy (non-hydrogen) atoms. The standard InChI is InChI=1S/C24H30ClNO5S/c1-4-9-21(26-30-13-8-12-25)24-22(28)15-19(16-23(24)31-18(3)27)14-17(2)32(29)20-10-6-5-7-11-20/h5-12,17,19,26H,4,13-16H2,1-3H3. The van der Waals surface area contributed by atoms with Crippen molar-refractivity contribution >= 4 is 34.2 Å². The number of Topliss-reactive ketones (excluding diaryl/α,β-unsaturated/α-hetero) is 1. The topological polar surface area (TPSA) is 81.7 Å². The Morgan fingerprint density at radius 3 is 2.66 bits per heavy atom. The van der Waals surface area contributed by atoms with Crippen molar-refractivity contribution in [3.63, 3.8) is 0 Å². The Morgan fingerprint density at radius 1 is 1.31 bits per heavy atom. The summed E-state index contributed by atoms with van der Waals surface area (Å²) < 4.78 is 18.3. The predicted octanol–water partition coefficient (Wildman–Crippen LogP) is 4.94. The van der Waals surface area contributed by atoms with E-state index in [-0.39, 0.29) is 30.0 Å². The monoisotopic (exact) mass is 479 g/mol. The molecule has 1 aromatic rings. The lowest BCUT2D eigenvalue weighted by atomic mass is 9.83. The van der Waals surface area contributed by atoms with Gasteiger partial charge in [-0.15, -0.1) is 0 Å². The van der Waals surface area contributed by atoms with Crippen molar-refractivity contribution < 1.29 is 23.4 Å². The number of ketones is 1. The number of nitrogens with one attached hydrogen (secondary N) is 1. The Kier molecular flexibility index (Phi) is 10.9. The van der Waals surface area contributed by atoms with Crippen molar-refractivity contribution in [2.24, 2.45) is 5.92 Å². The second-order valence-corrected chi connectivity index (χ2v) is 9.67. The molecule has 1 aliphatic carbocycles. The fourth-order valence-electron chi connectivity index (χ4n) is 3.64. The highest BCUT2D eigenvalue weighted by Gasteiger charge is 2.33. The summed E-state index contributed by atoms with van der Waals surface area (Å²) in [6.07, 6.45) is 5.32. The number of halogens is 1. The maximum absolute atomic E-state index is 13.1.